The Hall–Kier alpha value is -2.17. The maximum atomic E-state index is 14.3. The monoisotopic (exact) mass is 289 g/mol. The van der Waals surface area contributed by atoms with Gasteiger partial charge in [0.05, 0.1) is 12.8 Å². The zero-order valence-electron chi connectivity index (χ0n) is 12.8. The molecule has 0 radical (unpaired) electrons. The van der Waals surface area contributed by atoms with Crippen LogP contribution in [-0.2, 0) is 0 Å². The molecule has 1 heterocycles. The van der Waals surface area contributed by atoms with Gasteiger partial charge in [0.1, 0.15) is 23.7 Å². The molecule has 0 saturated heterocycles. The third-order valence-electron chi connectivity index (χ3n) is 3.24. The predicted octanol–water partition coefficient (Wildman–Crippen LogP) is 3.85. The molecule has 0 unspecified atom stereocenters. The van der Waals surface area contributed by atoms with Crippen LogP contribution >= 0.6 is 0 Å². The van der Waals surface area contributed by atoms with E-state index in [2.05, 4.69) is 15.3 Å². The van der Waals surface area contributed by atoms with Gasteiger partial charge in [-0.05, 0) is 25.0 Å². The van der Waals surface area contributed by atoms with E-state index in [-0.39, 0.29) is 11.7 Å². The third-order valence-corrected chi connectivity index (χ3v) is 3.24. The molecule has 4 nitrogen and oxygen atoms in total. The molecule has 0 amide bonds. The van der Waals surface area contributed by atoms with E-state index in [9.17, 15) is 4.39 Å². The van der Waals surface area contributed by atoms with Crippen LogP contribution in [0.3, 0.4) is 0 Å². The van der Waals surface area contributed by atoms with Crippen molar-refractivity contribution in [1.29, 1.82) is 0 Å². The van der Waals surface area contributed by atoms with Crippen molar-refractivity contribution >= 4 is 5.82 Å². The molecule has 1 aromatic carbocycles. The molecular weight excluding hydrogens is 269 g/mol. The van der Waals surface area contributed by atoms with Crippen molar-refractivity contribution in [2.45, 2.75) is 26.7 Å². The molecular formula is C16H20FN3O. The summed E-state index contributed by atoms with van der Waals surface area (Å²) in [6, 6.07) is 4.80. The van der Waals surface area contributed by atoms with E-state index in [1.165, 1.54) is 19.5 Å². The van der Waals surface area contributed by atoms with Gasteiger partial charge < -0.3 is 10.1 Å². The minimum Gasteiger partial charge on any atom is -0.497 e. The number of aromatic nitrogens is 2. The van der Waals surface area contributed by atoms with Crippen molar-refractivity contribution in [3.63, 3.8) is 0 Å². The summed E-state index contributed by atoms with van der Waals surface area (Å²) in [5.41, 5.74) is 2.00. The number of ether oxygens (including phenoxy) is 1. The molecule has 1 N–H and O–H groups in total. The van der Waals surface area contributed by atoms with Crippen LogP contribution in [0.15, 0.2) is 24.5 Å². The van der Waals surface area contributed by atoms with Crippen LogP contribution in [0.4, 0.5) is 10.2 Å². The van der Waals surface area contributed by atoms with Gasteiger partial charge in [-0.15, -0.1) is 0 Å². The van der Waals surface area contributed by atoms with Crippen LogP contribution in [0, 0.1) is 5.82 Å². The first kappa shape index (κ1) is 15.2. The lowest BCUT2D eigenvalue weighted by molar-refractivity contribution is 0.411. The summed E-state index contributed by atoms with van der Waals surface area (Å²) >= 11 is 0. The fourth-order valence-electron chi connectivity index (χ4n) is 2.28. The minimum atomic E-state index is -0.350. The largest absolute Gasteiger partial charge is 0.497 e. The fourth-order valence-corrected chi connectivity index (χ4v) is 2.28. The third kappa shape index (κ3) is 3.12. The van der Waals surface area contributed by atoms with Gasteiger partial charge in [0.25, 0.3) is 0 Å². The van der Waals surface area contributed by atoms with Crippen molar-refractivity contribution in [3.05, 3.63) is 35.9 Å². The number of halogens is 1. The Balaban J connectivity index is 2.60. The summed E-state index contributed by atoms with van der Waals surface area (Å²) in [6.45, 7) is 6.84. The van der Waals surface area contributed by atoms with E-state index in [0.717, 1.165) is 17.9 Å². The zero-order chi connectivity index (χ0) is 15.4. The van der Waals surface area contributed by atoms with Gasteiger partial charge in [0, 0.05) is 23.7 Å². The maximum absolute atomic E-state index is 14.3. The van der Waals surface area contributed by atoms with Crippen LogP contribution in [0.2, 0.25) is 0 Å². The topological polar surface area (TPSA) is 47.0 Å². The van der Waals surface area contributed by atoms with E-state index in [0.29, 0.717) is 17.0 Å². The molecule has 2 aromatic rings. The molecule has 21 heavy (non-hydrogen) atoms. The molecule has 0 saturated carbocycles. The lowest BCUT2D eigenvalue weighted by Crippen LogP contribution is -2.08. The standard InChI is InChI=1S/C16H20FN3O/c1-5-18-16-14(10(2)3)15(19-9-20-16)12-7-6-11(21-4)8-13(12)17/h6-10H,5H2,1-4H3,(H,18,19,20). The molecule has 1 aromatic heterocycles. The highest BCUT2D eigenvalue weighted by atomic mass is 19.1. The number of nitrogens with one attached hydrogen (secondary N) is 1. The van der Waals surface area contributed by atoms with Crippen LogP contribution in [0.25, 0.3) is 11.3 Å². The van der Waals surface area contributed by atoms with E-state index >= 15 is 0 Å². The van der Waals surface area contributed by atoms with E-state index < -0.39 is 0 Å². The van der Waals surface area contributed by atoms with Crippen molar-refractivity contribution in [3.8, 4) is 17.0 Å². The van der Waals surface area contributed by atoms with Crippen molar-refractivity contribution < 1.29 is 9.13 Å². The SMILES string of the molecule is CCNc1ncnc(-c2ccc(OC)cc2F)c1C(C)C. The first-order valence-electron chi connectivity index (χ1n) is 7.01. The van der Waals surface area contributed by atoms with Crippen LogP contribution in [-0.4, -0.2) is 23.6 Å². The van der Waals surface area contributed by atoms with Gasteiger partial charge in [-0.3, -0.25) is 0 Å². The number of hydrogen-bond donors (Lipinski definition) is 1. The highest BCUT2D eigenvalue weighted by Crippen LogP contribution is 2.34. The Morgan fingerprint density at radius 2 is 2.05 bits per heavy atom. The van der Waals surface area contributed by atoms with Crippen LogP contribution < -0.4 is 10.1 Å². The molecule has 0 spiro atoms. The molecule has 112 valence electrons. The summed E-state index contributed by atoms with van der Waals surface area (Å²) in [7, 11) is 1.52. The van der Waals surface area contributed by atoms with Crippen molar-refractivity contribution in [1.82, 2.24) is 9.97 Å². The van der Waals surface area contributed by atoms with Gasteiger partial charge in [0.15, 0.2) is 0 Å². The highest BCUT2D eigenvalue weighted by molar-refractivity contribution is 5.70. The second kappa shape index (κ2) is 6.52. The maximum Gasteiger partial charge on any atom is 0.136 e. The summed E-state index contributed by atoms with van der Waals surface area (Å²) in [5, 5.41) is 3.21. The number of anilines is 1. The zero-order valence-corrected chi connectivity index (χ0v) is 12.8. The molecule has 0 bridgehead atoms. The fraction of sp³-hybridized carbons (Fsp3) is 0.375. The highest BCUT2D eigenvalue weighted by Gasteiger charge is 2.18. The van der Waals surface area contributed by atoms with E-state index in [1.54, 1.807) is 12.1 Å². The van der Waals surface area contributed by atoms with Gasteiger partial charge in [-0.2, -0.15) is 0 Å². The van der Waals surface area contributed by atoms with Gasteiger partial charge in [0.2, 0.25) is 0 Å². The van der Waals surface area contributed by atoms with E-state index in [4.69, 9.17) is 4.74 Å². The summed E-state index contributed by atoms with van der Waals surface area (Å²) in [4.78, 5) is 8.57. The van der Waals surface area contributed by atoms with Crippen LogP contribution in [0.1, 0.15) is 32.3 Å². The molecule has 0 aliphatic carbocycles. The number of methoxy groups -OCH3 is 1. The number of nitrogens with zero attached hydrogens (tertiary/aromatic N) is 2. The van der Waals surface area contributed by atoms with Gasteiger partial charge >= 0.3 is 0 Å². The Bertz CT molecular complexity index is 629. The molecule has 0 fully saturated rings. The Morgan fingerprint density at radius 1 is 1.29 bits per heavy atom. The quantitative estimate of drug-likeness (QED) is 0.908. The number of hydrogen-bond acceptors (Lipinski definition) is 4. The lowest BCUT2D eigenvalue weighted by atomic mass is 9.97. The summed E-state index contributed by atoms with van der Waals surface area (Å²) < 4.78 is 19.4. The van der Waals surface area contributed by atoms with Crippen LogP contribution in [0.5, 0.6) is 5.75 Å². The van der Waals surface area contributed by atoms with Gasteiger partial charge in [-0.1, -0.05) is 13.8 Å². The lowest BCUT2D eigenvalue weighted by Gasteiger charge is -2.17. The number of rotatable bonds is 5. The minimum absolute atomic E-state index is 0.178. The molecule has 0 aliphatic rings. The molecule has 0 atom stereocenters. The second-order valence-corrected chi connectivity index (χ2v) is 5.02. The van der Waals surface area contributed by atoms with E-state index in [1.807, 2.05) is 20.8 Å². The number of benzene rings is 1. The normalized spacial score (nSPS) is 10.8. The molecule has 5 heteroatoms. The second-order valence-electron chi connectivity index (χ2n) is 5.02. The Kier molecular flexibility index (Phi) is 4.73. The predicted molar refractivity (Wildman–Crippen MR) is 82.2 cm³/mol. The first-order chi connectivity index (χ1) is 10.1. The molecule has 2 rings (SSSR count). The smallest absolute Gasteiger partial charge is 0.136 e. The summed E-state index contributed by atoms with van der Waals surface area (Å²) in [5.74, 6) is 1.07. The van der Waals surface area contributed by atoms with Gasteiger partial charge in [-0.25, -0.2) is 14.4 Å². The first-order valence-corrected chi connectivity index (χ1v) is 7.01. The van der Waals surface area contributed by atoms with Crippen molar-refractivity contribution in [2.75, 3.05) is 19.0 Å². The average Bonchev–Trinajstić information content (AvgIpc) is 2.47. The Morgan fingerprint density at radius 3 is 2.62 bits per heavy atom. The molecule has 0 aliphatic heterocycles. The van der Waals surface area contributed by atoms with Crippen molar-refractivity contribution in [2.24, 2.45) is 0 Å². The Labute approximate surface area is 124 Å². The summed E-state index contributed by atoms with van der Waals surface area (Å²) in [6.07, 6.45) is 1.46. The average molecular weight is 289 g/mol.